The van der Waals surface area contributed by atoms with Crippen molar-refractivity contribution in [3.8, 4) is 11.5 Å². The van der Waals surface area contributed by atoms with Gasteiger partial charge in [-0.05, 0) is 31.5 Å². The monoisotopic (exact) mass is 295 g/mol. The predicted octanol–water partition coefficient (Wildman–Crippen LogP) is 3.31. The Kier molecular flexibility index (Phi) is 4.39. The molecule has 0 aliphatic heterocycles. The summed E-state index contributed by atoms with van der Waals surface area (Å²) >= 11 is 6.19. The zero-order chi connectivity index (χ0) is 14.7. The van der Waals surface area contributed by atoms with E-state index in [1.165, 1.54) is 0 Å². The average molecular weight is 296 g/mol. The number of rotatable bonds is 5. The van der Waals surface area contributed by atoms with Gasteiger partial charge in [-0.2, -0.15) is 5.10 Å². The number of H-pyrrole nitrogens is 1. The van der Waals surface area contributed by atoms with Crippen molar-refractivity contribution in [1.29, 1.82) is 0 Å². The molecule has 1 aromatic carbocycles. The van der Waals surface area contributed by atoms with Crippen LogP contribution in [-0.4, -0.2) is 24.4 Å². The van der Waals surface area contributed by atoms with Gasteiger partial charge in [0.05, 0.1) is 36.3 Å². The van der Waals surface area contributed by atoms with E-state index in [1.54, 1.807) is 14.2 Å². The van der Waals surface area contributed by atoms with Crippen LogP contribution in [0.4, 0.5) is 5.69 Å². The zero-order valence-electron chi connectivity index (χ0n) is 12.0. The Morgan fingerprint density at radius 3 is 2.55 bits per heavy atom. The summed E-state index contributed by atoms with van der Waals surface area (Å²) in [4.78, 5) is 0. The van der Waals surface area contributed by atoms with E-state index in [2.05, 4.69) is 15.5 Å². The topological polar surface area (TPSA) is 59.2 Å². The molecule has 2 N–H and O–H groups in total. The molecule has 2 aromatic rings. The number of aryl methyl sites for hydroxylation is 2. The predicted molar refractivity (Wildman–Crippen MR) is 79.9 cm³/mol. The third kappa shape index (κ3) is 2.82. The molecule has 6 heteroatoms. The highest BCUT2D eigenvalue weighted by molar-refractivity contribution is 6.32. The molecule has 5 nitrogen and oxygen atoms in total. The molecule has 0 spiro atoms. The van der Waals surface area contributed by atoms with E-state index in [0.717, 1.165) is 22.6 Å². The molecule has 0 unspecified atom stereocenters. The van der Waals surface area contributed by atoms with Crippen LogP contribution in [0, 0.1) is 13.8 Å². The minimum Gasteiger partial charge on any atom is -0.493 e. The fraction of sp³-hybridized carbons (Fsp3) is 0.357. The van der Waals surface area contributed by atoms with Crippen molar-refractivity contribution in [2.24, 2.45) is 0 Å². The molecule has 20 heavy (non-hydrogen) atoms. The van der Waals surface area contributed by atoms with Gasteiger partial charge >= 0.3 is 0 Å². The molecule has 0 atom stereocenters. The number of benzene rings is 1. The molecule has 0 aliphatic rings. The number of nitrogens with one attached hydrogen (secondary N) is 2. The Labute approximate surface area is 123 Å². The standard InChI is InChI=1S/C14H18ClN3O2/c1-8-13(9(2)18-17-8)16-7-10-5-11(15)14(20-4)12(6-10)19-3/h5-6,16H,7H2,1-4H3,(H,17,18). The van der Waals surface area contributed by atoms with E-state index in [4.69, 9.17) is 21.1 Å². The lowest BCUT2D eigenvalue weighted by Crippen LogP contribution is -2.02. The lowest BCUT2D eigenvalue weighted by molar-refractivity contribution is 0.355. The number of aromatic amines is 1. The molecule has 0 saturated heterocycles. The van der Waals surface area contributed by atoms with Gasteiger partial charge in [-0.3, -0.25) is 5.10 Å². The second-order valence-corrected chi connectivity index (χ2v) is 4.88. The molecule has 0 radical (unpaired) electrons. The van der Waals surface area contributed by atoms with Gasteiger partial charge in [-0.1, -0.05) is 11.6 Å². The number of methoxy groups -OCH3 is 2. The van der Waals surface area contributed by atoms with Gasteiger partial charge in [0.1, 0.15) is 0 Å². The third-order valence-electron chi connectivity index (χ3n) is 3.09. The van der Waals surface area contributed by atoms with Crippen LogP contribution in [0.3, 0.4) is 0 Å². The first-order valence-corrected chi connectivity index (χ1v) is 6.60. The van der Waals surface area contributed by atoms with Crippen molar-refractivity contribution in [1.82, 2.24) is 10.2 Å². The first-order valence-electron chi connectivity index (χ1n) is 6.22. The van der Waals surface area contributed by atoms with E-state index in [0.29, 0.717) is 23.1 Å². The number of hydrogen-bond donors (Lipinski definition) is 2. The van der Waals surface area contributed by atoms with Gasteiger partial charge in [0.15, 0.2) is 11.5 Å². The van der Waals surface area contributed by atoms with Gasteiger partial charge in [-0.15, -0.1) is 0 Å². The van der Waals surface area contributed by atoms with Crippen LogP contribution in [0.25, 0.3) is 0 Å². The lowest BCUT2D eigenvalue weighted by atomic mass is 10.2. The Morgan fingerprint density at radius 1 is 1.25 bits per heavy atom. The number of nitrogens with zero attached hydrogens (tertiary/aromatic N) is 1. The van der Waals surface area contributed by atoms with E-state index in [9.17, 15) is 0 Å². The molecular weight excluding hydrogens is 278 g/mol. The molecule has 0 amide bonds. The summed E-state index contributed by atoms with van der Waals surface area (Å²) in [6.45, 7) is 4.55. The number of hydrogen-bond acceptors (Lipinski definition) is 4. The Morgan fingerprint density at radius 2 is 2.00 bits per heavy atom. The summed E-state index contributed by atoms with van der Waals surface area (Å²) in [5.41, 5.74) is 3.96. The van der Waals surface area contributed by atoms with Crippen LogP contribution in [0.1, 0.15) is 17.0 Å². The van der Waals surface area contributed by atoms with Crippen LogP contribution in [0.2, 0.25) is 5.02 Å². The molecule has 0 bridgehead atoms. The first-order chi connectivity index (χ1) is 9.56. The molecule has 0 saturated carbocycles. The first kappa shape index (κ1) is 14.5. The smallest absolute Gasteiger partial charge is 0.179 e. The Balaban J connectivity index is 2.20. The Hall–Kier alpha value is -1.88. The van der Waals surface area contributed by atoms with E-state index < -0.39 is 0 Å². The van der Waals surface area contributed by atoms with Gasteiger partial charge in [-0.25, -0.2) is 0 Å². The second kappa shape index (κ2) is 6.05. The number of anilines is 1. The van der Waals surface area contributed by atoms with Crippen molar-refractivity contribution < 1.29 is 9.47 Å². The van der Waals surface area contributed by atoms with E-state index >= 15 is 0 Å². The molecule has 1 heterocycles. The highest BCUT2D eigenvalue weighted by Crippen LogP contribution is 2.36. The summed E-state index contributed by atoms with van der Waals surface area (Å²) in [7, 11) is 3.16. The SMILES string of the molecule is COc1cc(CNc2c(C)n[nH]c2C)cc(Cl)c1OC. The summed E-state index contributed by atoms with van der Waals surface area (Å²) in [5.74, 6) is 1.17. The highest BCUT2D eigenvalue weighted by Gasteiger charge is 2.12. The normalized spacial score (nSPS) is 10.4. The minimum absolute atomic E-state index is 0.532. The summed E-state index contributed by atoms with van der Waals surface area (Å²) in [5, 5.41) is 11.0. The highest BCUT2D eigenvalue weighted by atomic mass is 35.5. The van der Waals surface area contributed by atoms with Crippen LogP contribution in [0.15, 0.2) is 12.1 Å². The third-order valence-corrected chi connectivity index (χ3v) is 3.37. The van der Waals surface area contributed by atoms with Crippen LogP contribution >= 0.6 is 11.6 Å². The number of halogens is 1. The fourth-order valence-electron chi connectivity index (χ4n) is 2.08. The quantitative estimate of drug-likeness (QED) is 0.888. The van der Waals surface area contributed by atoms with E-state index in [1.807, 2.05) is 26.0 Å². The minimum atomic E-state index is 0.532. The van der Waals surface area contributed by atoms with Gasteiger partial charge in [0.2, 0.25) is 0 Å². The largest absolute Gasteiger partial charge is 0.493 e. The molecule has 2 rings (SSSR count). The van der Waals surface area contributed by atoms with Crippen LogP contribution in [0.5, 0.6) is 11.5 Å². The summed E-state index contributed by atoms with van der Waals surface area (Å²) in [6, 6.07) is 3.77. The molecule has 0 aliphatic carbocycles. The van der Waals surface area contributed by atoms with Crippen LogP contribution < -0.4 is 14.8 Å². The molecule has 108 valence electrons. The van der Waals surface area contributed by atoms with Crippen molar-refractivity contribution in [3.05, 3.63) is 34.1 Å². The van der Waals surface area contributed by atoms with E-state index in [-0.39, 0.29) is 0 Å². The molecule has 1 aromatic heterocycles. The Bertz CT molecular complexity index is 591. The van der Waals surface area contributed by atoms with Crippen molar-refractivity contribution in [3.63, 3.8) is 0 Å². The maximum Gasteiger partial charge on any atom is 0.179 e. The van der Waals surface area contributed by atoms with Gasteiger partial charge in [0.25, 0.3) is 0 Å². The average Bonchev–Trinajstić information content (AvgIpc) is 2.75. The second-order valence-electron chi connectivity index (χ2n) is 4.48. The summed E-state index contributed by atoms with van der Waals surface area (Å²) < 4.78 is 10.5. The van der Waals surface area contributed by atoms with Crippen LogP contribution in [-0.2, 0) is 6.54 Å². The maximum atomic E-state index is 6.19. The number of ether oxygens (including phenoxy) is 2. The zero-order valence-corrected chi connectivity index (χ0v) is 12.8. The maximum absolute atomic E-state index is 6.19. The number of aromatic nitrogens is 2. The summed E-state index contributed by atoms with van der Waals surface area (Å²) in [6.07, 6.45) is 0. The van der Waals surface area contributed by atoms with Crippen molar-refractivity contribution in [2.45, 2.75) is 20.4 Å². The van der Waals surface area contributed by atoms with Gasteiger partial charge < -0.3 is 14.8 Å². The van der Waals surface area contributed by atoms with Crippen molar-refractivity contribution in [2.75, 3.05) is 19.5 Å². The molecular formula is C14H18ClN3O2. The molecule has 0 fully saturated rings. The van der Waals surface area contributed by atoms with Gasteiger partial charge in [0, 0.05) is 6.54 Å². The lowest BCUT2D eigenvalue weighted by Gasteiger charge is -2.13. The fourth-order valence-corrected chi connectivity index (χ4v) is 2.39. The van der Waals surface area contributed by atoms with Crippen molar-refractivity contribution >= 4 is 17.3 Å².